The van der Waals surface area contributed by atoms with Crippen LogP contribution in [0.25, 0.3) is 0 Å². The summed E-state index contributed by atoms with van der Waals surface area (Å²) in [6, 6.07) is -1.11. The van der Waals surface area contributed by atoms with Gasteiger partial charge in [-0.25, -0.2) is 5.48 Å². The first kappa shape index (κ1) is 17.8. The number of hydrogen-bond acceptors (Lipinski definition) is 5. The van der Waals surface area contributed by atoms with Crippen LogP contribution >= 0.6 is 0 Å². The monoisotopic (exact) mass is 240 g/mol. The molecule has 0 aliphatic carbocycles. The molecule has 2 amide bonds. The van der Waals surface area contributed by atoms with Crippen molar-refractivity contribution in [1.29, 1.82) is 0 Å². The van der Waals surface area contributed by atoms with Crippen molar-refractivity contribution in [2.45, 2.75) is 26.3 Å². The predicted octanol–water partition coefficient (Wildman–Crippen LogP) is -5.22. The third kappa shape index (κ3) is 6.78. The van der Waals surface area contributed by atoms with Gasteiger partial charge in [0.2, 0.25) is 11.8 Å². The molecule has 0 aromatic carbocycles. The Kier molecular flexibility index (Phi) is 9.45. The van der Waals surface area contributed by atoms with E-state index in [2.05, 4.69) is 5.32 Å². The molecule has 8 heteroatoms. The number of hydrogen-bond donors (Lipinski definition) is 3. The number of aliphatic carboxylic acids is 1. The van der Waals surface area contributed by atoms with E-state index < -0.39 is 29.7 Å². The van der Waals surface area contributed by atoms with Crippen molar-refractivity contribution in [2.24, 2.45) is 5.92 Å². The first-order valence-corrected chi connectivity index (χ1v) is 4.32. The molecule has 0 radical (unpaired) electrons. The van der Waals surface area contributed by atoms with Crippen molar-refractivity contribution < 1.29 is 54.3 Å². The first-order chi connectivity index (χ1) is 6.88. The van der Waals surface area contributed by atoms with E-state index in [-0.39, 0.29) is 36.0 Å². The second kappa shape index (κ2) is 8.51. The summed E-state index contributed by atoms with van der Waals surface area (Å²) in [5.41, 5.74) is 1.38. The number of carbonyl (C=O) groups is 3. The van der Waals surface area contributed by atoms with Gasteiger partial charge in [0.25, 0.3) is 0 Å². The van der Waals surface area contributed by atoms with Gasteiger partial charge in [-0.3, -0.25) is 14.8 Å². The molecule has 0 saturated heterocycles. The minimum Gasteiger partial charge on any atom is -0.548 e. The number of nitrogens with one attached hydrogen (secondary N) is 2. The van der Waals surface area contributed by atoms with Crippen LogP contribution in [0.15, 0.2) is 0 Å². The van der Waals surface area contributed by atoms with Crippen LogP contribution in [0.1, 0.15) is 20.3 Å². The Bertz CT molecular complexity index is 271. The van der Waals surface area contributed by atoms with Crippen LogP contribution in [0, 0.1) is 5.92 Å². The summed E-state index contributed by atoms with van der Waals surface area (Å²) in [6.45, 7) is 2.69. The Balaban J connectivity index is 0. The van der Waals surface area contributed by atoms with Crippen LogP contribution in [-0.2, 0) is 14.4 Å². The summed E-state index contributed by atoms with van der Waals surface area (Å²) in [5, 5.41) is 20.6. The first-order valence-electron chi connectivity index (χ1n) is 4.32. The maximum absolute atomic E-state index is 11.2. The van der Waals surface area contributed by atoms with Gasteiger partial charge >= 0.3 is 29.6 Å². The molecule has 0 aliphatic rings. The molecule has 2 atom stereocenters. The molecule has 3 N–H and O–H groups in total. The van der Waals surface area contributed by atoms with E-state index in [1.54, 1.807) is 0 Å². The fourth-order valence-electron chi connectivity index (χ4n) is 0.831. The second-order valence-electron chi connectivity index (χ2n) is 3.19. The number of amides is 2. The average molecular weight is 240 g/mol. The zero-order valence-electron chi connectivity index (χ0n) is 9.44. The maximum atomic E-state index is 11.2. The average Bonchev–Trinajstić information content (AvgIpc) is 2.16. The van der Waals surface area contributed by atoms with Crippen molar-refractivity contribution in [3.63, 3.8) is 0 Å². The van der Waals surface area contributed by atoms with Crippen LogP contribution in [-0.4, -0.2) is 29.0 Å². The SMILES string of the molecule is CC(CC(=O)NO)C(=O)N[C@@H](C)C(=O)[O-].[Na+]. The van der Waals surface area contributed by atoms with Crippen LogP contribution in [0.4, 0.5) is 0 Å². The van der Waals surface area contributed by atoms with Gasteiger partial charge in [-0.2, -0.15) is 0 Å². The van der Waals surface area contributed by atoms with E-state index in [0.29, 0.717) is 0 Å². The van der Waals surface area contributed by atoms with Crippen molar-refractivity contribution in [2.75, 3.05) is 0 Å². The molecule has 0 rings (SSSR count). The Hall–Kier alpha value is -0.630. The number of rotatable bonds is 5. The molecule has 16 heavy (non-hydrogen) atoms. The van der Waals surface area contributed by atoms with Crippen molar-refractivity contribution in [3.05, 3.63) is 0 Å². The molecule has 0 aromatic heterocycles. The number of carboxylic acids is 1. The zero-order valence-corrected chi connectivity index (χ0v) is 11.4. The van der Waals surface area contributed by atoms with Gasteiger partial charge in [-0.1, -0.05) is 6.92 Å². The van der Waals surface area contributed by atoms with Gasteiger partial charge < -0.3 is 15.2 Å². The summed E-state index contributed by atoms with van der Waals surface area (Å²) < 4.78 is 0. The zero-order chi connectivity index (χ0) is 12.0. The number of hydroxylamine groups is 1. The van der Waals surface area contributed by atoms with Gasteiger partial charge in [0, 0.05) is 12.3 Å². The van der Waals surface area contributed by atoms with Crippen molar-refractivity contribution in [3.8, 4) is 0 Å². The van der Waals surface area contributed by atoms with E-state index in [9.17, 15) is 19.5 Å². The summed E-state index contributed by atoms with van der Waals surface area (Å²) in [7, 11) is 0. The van der Waals surface area contributed by atoms with Crippen LogP contribution < -0.4 is 45.5 Å². The fraction of sp³-hybridized carbons (Fsp3) is 0.625. The van der Waals surface area contributed by atoms with E-state index >= 15 is 0 Å². The molecule has 1 unspecified atom stereocenters. The smallest absolute Gasteiger partial charge is 0.548 e. The molecule has 0 bridgehead atoms. The molecule has 0 aliphatic heterocycles. The van der Waals surface area contributed by atoms with E-state index in [0.717, 1.165) is 0 Å². The molecule has 0 saturated carbocycles. The Morgan fingerprint density at radius 2 is 1.81 bits per heavy atom. The van der Waals surface area contributed by atoms with Gasteiger partial charge in [-0.15, -0.1) is 0 Å². The Morgan fingerprint density at radius 1 is 1.31 bits per heavy atom. The summed E-state index contributed by atoms with van der Waals surface area (Å²) in [4.78, 5) is 32.2. The molecule has 0 aromatic rings. The van der Waals surface area contributed by atoms with Crippen LogP contribution in [0.2, 0.25) is 0 Å². The topological polar surface area (TPSA) is 119 Å². The van der Waals surface area contributed by atoms with Crippen molar-refractivity contribution in [1.82, 2.24) is 10.8 Å². The standard InChI is InChI=1S/C8H14N2O5.Na/c1-4(3-6(11)10-15)7(12)9-5(2)8(13)14;/h4-5,15H,3H2,1-2H3,(H,9,12)(H,10,11)(H,13,14);/q;+1/p-1/t4?,5-;/m0./s1. The van der Waals surface area contributed by atoms with Crippen LogP contribution in [0.5, 0.6) is 0 Å². The van der Waals surface area contributed by atoms with E-state index in [4.69, 9.17) is 5.21 Å². The number of carboxylic acid groups (broad SMARTS) is 1. The van der Waals surface area contributed by atoms with Gasteiger partial charge in [0.1, 0.15) is 0 Å². The fourth-order valence-corrected chi connectivity index (χ4v) is 0.831. The normalized spacial score (nSPS) is 12.9. The molecule has 0 fully saturated rings. The van der Waals surface area contributed by atoms with Gasteiger partial charge in [0.05, 0.1) is 12.0 Å². The van der Waals surface area contributed by atoms with Crippen LogP contribution in [0.3, 0.4) is 0 Å². The minimum atomic E-state index is -1.40. The maximum Gasteiger partial charge on any atom is 1.00 e. The van der Waals surface area contributed by atoms with Gasteiger partial charge in [0.15, 0.2) is 0 Å². The third-order valence-corrected chi connectivity index (χ3v) is 1.78. The largest absolute Gasteiger partial charge is 1.00 e. The Morgan fingerprint density at radius 3 is 2.19 bits per heavy atom. The van der Waals surface area contributed by atoms with E-state index in [1.807, 2.05) is 0 Å². The molecule has 86 valence electrons. The quantitative estimate of drug-likeness (QED) is 0.252. The van der Waals surface area contributed by atoms with E-state index in [1.165, 1.54) is 19.3 Å². The predicted molar refractivity (Wildman–Crippen MR) is 46.3 cm³/mol. The molecule has 7 nitrogen and oxygen atoms in total. The molecule has 0 spiro atoms. The summed E-state index contributed by atoms with van der Waals surface area (Å²) in [5.74, 6) is -3.42. The molecular weight excluding hydrogens is 227 g/mol. The van der Waals surface area contributed by atoms with Crippen molar-refractivity contribution >= 4 is 17.8 Å². The third-order valence-electron chi connectivity index (χ3n) is 1.78. The van der Waals surface area contributed by atoms with Gasteiger partial charge in [-0.05, 0) is 6.92 Å². The number of carbonyl (C=O) groups excluding carboxylic acids is 3. The molecule has 0 heterocycles. The molecular formula is C8H13N2NaO5. The minimum absolute atomic E-state index is 0. The summed E-state index contributed by atoms with van der Waals surface area (Å²) >= 11 is 0. The summed E-state index contributed by atoms with van der Waals surface area (Å²) in [6.07, 6.45) is -0.220. The Labute approximate surface area is 115 Å². The second-order valence-corrected chi connectivity index (χ2v) is 3.19.